The van der Waals surface area contributed by atoms with Crippen LogP contribution in [0, 0.1) is 6.92 Å². The molecule has 5 rings (SSSR count). The van der Waals surface area contributed by atoms with Crippen LogP contribution in [-0.2, 0) is 4.79 Å². The molecule has 3 heterocycles. The molecule has 2 N–H and O–H groups in total. The van der Waals surface area contributed by atoms with Crippen molar-refractivity contribution in [2.24, 2.45) is 9.98 Å². The van der Waals surface area contributed by atoms with Gasteiger partial charge in [0.2, 0.25) is 5.91 Å². The Morgan fingerprint density at radius 2 is 1.82 bits per heavy atom. The summed E-state index contributed by atoms with van der Waals surface area (Å²) in [5.74, 6) is -0.223. The number of pyridine rings is 1. The highest BCUT2D eigenvalue weighted by Gasteiger charge is 2.36. The van der Waals surface area contributed by atoms with E-state index in [9.17, 15) is 4.79 Å². The number of rotatable bonds is 4. The third kappa shape index (κ3) is 5.02. The Hall–Kier alpha value is -3.35. The van der Waals surface area contributed by atoms with Crippen molar-refractivity contribution in [2.45, 2.75) is 25.4 Å². The quantitative estimate of drug-likeness (QED) is 0.564. The Balaban J connectivity index is 0.00000259. The average molecular weight is 460 g/mol. The van der Waals surface area contributed by atoms with E-state index in [1.807, 2.05) is 30.3 Å². The van der Waals surface area contributed by atoms with Crippen LogP contribution in [0.3, 0.4) is 0 Å². The lowest BCUT2D eigenvalue weighted by Gasteiger charge is -2.28. The topological polar surface area (TPSA) is 78.7 Å². The molecule has 0 radical (unpaired) electrons. The molecular weight excluding hydrogens is 434 g/mol. The van der Waals surface area contributed by atoms with Crippen LogP contribution in [0.1, 0.15) is 24.0 Å². The number of allylic oxidation sites excluding steroid dienone is 1. The number of anilines is 1. The molecule has 1 aromatic heterocycles. The van der Waals surface area contributed by atoms with E-state index in [1.165, 1.54) is 11.6 Å². The minimum absolute atomic E-state index is 0. The minimum Gasteiger partial charge on any atom is -0.321 e. The van der Waals surface area contributed by atoms with Gasteiger partial charge in [-0.2, -0.15) is 0 Å². The van der Waals surface area contributed by atoms with Gasteiger partial charge in [0.05, 0.1) is 28.8 Å². The number of hydrogen-bond acceptors (Lipinski definition) is 5. The number of fused-ring (bicyclic) bond motifs is 1. The van der Waals surface area contributed by atoms with E-state index in [-0.39, 0.29) is 18.3 Å². The summed E-state index contributed by atoms with van der Waals surface area (Å²) in [4.78, 5) is 27.0. The van der Waals surface area contributed by atoms with Crippen molar-refractivity contribution in [1.82, 2.24) is 10.3 Å². The van der Waals surface area contributed by atoms with Gasteiger partial charge in [-0.3, -0.25) is 19.8 Å². The molecule has 0 saturated carbocycles. The monoisotopic (exact) mass is 459 g/mol. The lowest BCUT2D eigenvalue weighted by Crippen LogP contribution is -2.38. The average Bonchev–Trinajstić information content (AvgIpc) is 3.16. The van der Waals surface area contributed by atoms with Gasteiger partial charge in [-0.15, -0.1) is 12.4 Å². The third-order valence-electron chi connectivity index (χ3n) is 5.87. The molecule has 168 valence electrons. The second kappa shape index (κ2) is 9.65. The lowest BCUT2D eigenvalue weighted by molar-refractivity contribution is -0.111. The molecule has 1 spiro atoms. The summed E-state index contributed by atoms with van der Waals surface area (Å²) in [6.45, 7) is 3.84. The number of piperidine rings is 1. The zero-order valence-electron chi connectivity index (χ0n) is 18.4. The molecule has 1 saturated heterocycles. The molecule has 6 nitrogen and oxygen atoms in total. The highest BCUT2D eigenvalue weighted by Crippen LogP contribution is 2.31. The fraction of sp³-hybridized carbons (Fsp3) is 0.231. The second-order valence-corrected chi connectivity index (χ2v) is 8.30. The number of benzene rings is 2. The number of hydrogen-bond donors (Lipinski definition) is 2. The zero-order chi connectivity index (χ0) is 22.0. The molecule has 33 heavy (non-hydrogen) atoms. The number of carbonyl (C=O) groups excluding carboxylic acids is 1. The molecule has 1 amide bonds. The number of aryl methyl sites for hydroxylation is 1. The molecule has 7 heteroatoms. The molecule has 0 atom stereocenters. The normalized spacial score (nSPS) is 17.0. The molecular formula is C26H26ClN5O. The van der Waals surface area contributed by atoms with E-state index >= 15 is 0 Å². The summed E-state index contributed by atoms with van der Waals surface area (Å²) in [6, 6.07) is 18.0. The van der Waals surface area contributed by atoms with E-state index in [2.05, 4.69) is 46.8 Å². The van der Waals surface area contributed by atoms with Crippen LogP contribution in [0.25, 0.3) is 10.9 Å². The standard InChI is InChI=1S/C26H25N5O.ClH/c1-18-6-8-19(9-7-18)25-23(30-26(31-25)12-14-27-15-13-26)10-11-24(32)29-21-16-20-4-2-3-5-22(20)28-17-21;/h2-11,16-17,27H,12-15H2,1H3,(H,29,32);1H/b11-10+;. The highest BCUT2D eigenvalue weighted by atomic mass is 35.5. The predicted octanol–water partition coefficient (Wildman–Crippen LogP) is 4.48. The molecule has 2 aliphatic rings. The largest absolute Gasteiger partial charge is 0.321 e. The maximum absolute atomic E-state index is 12.6. The Bertz CT molecular complexity index is 1260. The van der Waals surface area contributed by atoms with Crippen molar-refractivity contribution < 1.29 is 4.79 Å². The number of para-hydroxylation sites is 1. The van der Waals surface area contributed by atoms with Crippen molar-refractivity contribution in [1.29, 1.82) is 0 Å². The van der Waals surface area contributed by atoms with E-state index in [4.69, 9.17) is 9.98 Å². The molecule has 0 bridgehead atoms. The van der Waals surface area contributed by atoms with Crippen LogP contribution in [0.2, 0.25) is 0 Å². The van der Waals surface area contributed by atoms with Gasteiger partial charge in [-0.1, -0.05) is 48.0 Å². The van der Waals surface area contributed by atoms with Crippen LogP contribution < -0.4 is 10.6 Å². The van der Waals surface area contributed by atoms with Crippen LogP contribution >= 0.6 is 12.4 Å². The molecule has 2 aromatic carbocycles. The minimum atomic E-state index is -0.427. The van der Waals surface area contributed by atoms with Crippen molar-refractivity contribution in [2.75, 3.05) is 18.4 Å². The summed E-state index contributed by atoms with van der Waals surface area (Å²) in [5, 5.41) is 7.26. The first kappa shape index (κ1) is 22.8. The third-order valence-corrected chi connectivity index (χ3v) is 5.87. The number of aliphatic imine (C=N–C) groups is 2. The number of halogens is 1. The SMILES string of the molecule is Cc1ccc(C2=NC3(CCNCC3)N=C2/C=C/C(=O)Nc2cnc3ccccc3c2)cc1.Cl. The molecule has 0 unspecified atom stereocenters. The van der Waals surface area contributed by atoms with Crippen molar-refractivity contribution in [3.63, 3.8) is 0 Å². The summed E-state index contributed by atoms with van der Waals surface area (Å²) >= 11 is 0. The fourth-order valence-corrected chi connectivity index (χ4v) is 4.14. The van der Waals surface area contributed by atoms with Gasteiger partial charge < -0.3 is 10.6 Å². The smallest absolute Gasteiger partial charge is 0.248 e. The van der Waals surface area contributed by atoms with Crippen LogP contribution in [0.15, 0.2) is 82.9 Å². The molecule has 2 aliphatic heterocycles. The second-order valence-electron chi connectivity index (χ2n) is 8.30. The Morgan fingerprint density at radius 1 is 1.06 bits per heavy atom. The Kier molecular flexibility index (Phi) is 6.67. The molecule has 3 aromatic rings. The van der Waals surface area contributed by atoms with Crippen LogP contribution in [0.4, 0.5) is 5.69 Å². The zero-order valence-corrected chi connectivity index (χ0v) is 19.2. The highest BCUT2D eigenvalue weighted by molar-refractivity contribution is 6.53. The van der Waals surface area contributed by atoms with Gasteiger partial charge in [-0.25, -0.2) is 0 Å². The number of carbonyl (C=O) groups is 1. The van der Waals surface area contributed by atoms with E-state index in [0.717, 1.165) is 53.8 Å². The Labute approximate surface area is 199 Å². The number of amides is 1. The lowest BCUT2D eigenvalue weighted by atomic mass is 10.0. The van der Waals surface area contributed by atoms with E-state index in [0.29, 0.717) is 5.69 Å². The first-order valence-corrected chi connectivity index (χ1v) is 10.9. The molecule has 0 aliphatic carbocycles. The predicted molar refractivity (Wildman–Crippen MR) is 137 cm³/mol. The van der Waals surface area contributed by atoms with Gasteiger partial charge in [0.15, 0.2) is 5.66 Å². The van der Waals surface area contributed by atoms with Crippen molar-refractivity contribution in [3.05, 3.63) is 84.1 Å². The van der Waals surface area contributed by atoms with Crippen LogP contribution in [-0.4, -0.2) is 41.1 Å². The maximum atomic E-state index is 12.6. The first-order chi connectivity index (χ1) is 15.6. The van der Waals surface area contributed by atoms with Gasteiger partial charge in [0.25, 0.3) is 0 Å². The van der Waals surface area contributed by atoms with Gasteiger partial charge in [0, 0.05) is 29.9 Å². The van der Waals surface area contributed by atoms with Crippen molar-refractivity contribution in [3.8, 4) is 0 Å². The number of aromatic nitrogens is 1. The fourth-order valence-electron chi connectivity index (χ4n) is 4.14. The summed E-state index contributed by atoms with van der Waals surface area (Å²) in [7, 11) is 0. The van der Waals surface area contributed by atoms with Crippen LogP contribution in [0.5, 0.6) is 0 Å². The first-order valence-electron chi connectivity index (χ1n) is 10.9. The molecule has 1 fully saturated rings. The summed E-state index contributed by atoms with van der Waals surface area (Å²) < 4.78 is 0. The van der Waals surface area contributed by atoms with Crippen molar-refractivity contribution >= 4 is 46.3 Å². The van der Waals surface area contributed by atoms with Gasteiger partial charge in [0.1, 0.15) is 0 Å². The number of nitrogens with one attached hydrogen (secondary N) is 2. The maximum Gasteiger partial charge on any atom is 0.248 e. The Morgan fingerprint density at radius 3 is 2.61 bits per heavy atom. The van der Waals surface area contributed by atoms with Gasteiger partial charge >= 0.3 is 0 Å². The number of nitrogens with zero attached hydrogens (tertiary/aromatic N) is 3. The summed E-state index contributed by atoms with van der Waals surface area (Å²) in [5.41, 5.74) is 4.95. The van der Waals surface area contributed by atoms with E-state index in [1.54, 1.807) is 12.3 Å². The van der Waals surface area contributed by atoms with E-state index < -0.39 is 5.66 Å². The van der Waals surface area contributed by atoms with Gasteiger partial charge in [-0.05, 0) is 38.2 Å². The summed E-state index contributed by atoms with van der Waals surface area (Å²) in [6.07, 6.45) is 6.69.